The third-order valence-electron chi connectivity index (χ3n) is 4.82. The van der Waals surface area contributed by atoms with Crippen LogP contribution in [0.3, 0.4) is 0 Å². The first-order chi connectivity index (χ1) is 13.1. The van der Waals surface area contributed by atoms with Gasteiger partial charge in [0.2, 0.25) is 5.91 Å². The molecule has 1 saturated heterocycles. The maximum absolute atomic E-state index is 12.6. The first-order valence-electron chi connectivity index (χ1n) is 9.51. The van der Waals surface area contributed by atoms with E-state index < -0.39 is 12.1 Å². The number of hydrogen-bond donors (Lipinski definition) is 0. The van der Waals surface area contributed by atoms with Crippen LogP contribution in [0.4, 0.5) is 5.69 Å². The standard InChI is InChI=1S/C20H25N3O4/c1-15(19(25)22-13-7-2-3-8-14-22)27-20(26)17-11-12-18(24)23(21-17)16-9-5-4-6-10-16/h4-6,9-10,15H,2-3,7-8,11-14H2,1H3/t15-/m1/s1. The average Bonchev–Trinajstić information content (AvgIpc) is 2.97. The van der Waals surface area contributed by atoms with Gasteiger partial charge in [0.1, 0.15) is 5.71 Å². The lowest BCUT2D eigenvalue weighted by atomic mass is 10.1. The highest BCUT2D eigenvalue weighted by Crippen LogP contribution is 2.20. The van der Waals surface area contributed by atoms with Gasteiger partial charge in [-0.15, -0.1) is 0 Å². The molecule has 1 aromatic carbocycles. The highest BCUT2D eigenvalue weighted by molar-refractivity contribution is 6.38. The van der Waals surface area contributed by atoms with Gasteiger partial charge < -0.3 is 9.64 Å². The number of hydrazone groups is 1. The van der Waals surface area contributed by atoms with Gasteiger partial charge in [-0.25, -0.2) is 9.80 Å². The van der Waals surface area contributed by atoms with Crippen molar-refractivity contribution in [3.63, 3.8) is 0 Å². The molecule has 0 N–H and O–H groups in total. The largest absolute Gasteiger partial charge is 0.448 e. The minimum atomic E-state index is -0.860. The molecule has 2 heterocycles. The van der Waals surface area contributed by atoms with Crippen molar-refractivity contribution in [1.82, 2.24) is 4.90 Å². The summed E-state index contributed by atoms with van der Waals surface area (Å²) in [5.41, 5.74) is 0.759. The fourth-order valence-electron chi connectivity index (χ4n) is 3.30. The Hall–Kier alpha value is -2.70. The summed E-state index contributed by atoms with van der Waals surface area (Å²) in [6.07, 6.45) is 3.74. The molecule has 0 aliphatic carbocycles. The zero-order valence-corrected chi connectivity index (χ0v) is 15.6. The van der Waals surface area contributed by atoms with Crippen molar-refractivity contribution in [2.24, 2.45) is 5.10 Å². The summed E-state index contributed by atoms with van der Waals surface area (Å²) in [7, 11) is 0. The summed E-state index contributed by atoms with van der Waals surface area (Å²) in [5, 5.41) is 5.40. The molecule has 144 valence electrons. The van der Waals surface area contributed by atoms with Crippen LogP contribution in [0.1, 0.15) is 45.4 Å². The summed E-state index contributed by atoms with van der Waals surface area (Å²) in [6, 6.07) is 8.94. The van der Waals surface area contributed by atoms with Gasteiger partial charge in [-0.1, -0.05) is 31.0 Å². The van der Waals surface area contributed by atoms with Crippen molar-refractivity contribution in [3.05, 3.63) is 30.3 Å². The maximum Gasteiger partial charge on any atom is 0.355 e. The molecule has 1 fully saturated rings. The number of amides is 2. The van der Waals surface area contributed by atoms with Gasteiger partial charge in [0.25, 0.3) is 5.91 Å². The van der Waals surface area contributed by atoms with E-state index in [1.54, 1.807) is 36.1 Å². The second-order valence-electron chi connectivity index (χ2n) is 6.87. The number of benzene rings is 1. The molecular weight excluding hydrogens is 346 g/mol. The minimum absolute atomic E-state index is 0.161. The fourth-order valence-corrected chi connectivity index (χ4v) is 3.30. The molecule has 0 aromatic heterocycles. The van der Waals surface area contributed by atoms with E-state index in [1.165, 1.54) is 5.01 Å². The van der Waals surface area contributed by atoms with Crippen molar-refractivity contribution in [1.29, 1.82) is 0 Å². The van der Waals surface area contributed by atoms with Gasteiger partial charge in [0.05, 0.1) is 5.69 Å². The van der Waals surface area contributed by atoms with E-state index in [0.29, 0.717) is 18.8 Å². The van der Waals surface area contributed by atoms with E-state index in [-0.39, 0.29) is 30.4 Å². The number of para-hydroxylation sites is 1. The molecule has 0 unspecified atom stereocenters. The Labute approximate surface area is 159 Å². The van der Waals surface area contributed by atoms with Crippen LogP contribution in [0.2, 0.25) is 0 Å². The van der Waals surface area contributed by atoms with Crippen LogP contribution < -0.4 is 5.01 Å². The normalized spacial score (nSPS) is 19.1. The Morgan fingerprint density at radius 2 is 1.70 bits per heavy atom. The zero-order chi connectivity index (χ0) is 19.2. The van der Waals surface area contributed by atoms with Crippen molar-refractivity contribution in [2.75, 3.05) is 18.1 Å². The lowest BCUT2D eigenvalue weighted by molar-refractivity contribution is -0.154. The van der Waals surface area contributed by atoms with Crippen LogP contribution in [0.15, 0.2) is 35.4 Å². The van der Waals surface area contributed by atoms with Gasteiger partial charge in [-0.2, -0.15) is 5.10 Å². The smallest absolute Gasteiger partial charge is 0.355 e. The summed E-state index contributed by atoms with van der Waals surface area (Å²) in [5.74, 6) is -0.983. The molecule has 2 amide bonds. The molecule has 2 aliphatic rings. The molecule has 0 bridgehead atoms. The lowest BCUT2D eigenvalue weighted by Crippen LogP contribution is -2.42. The zero-order valence-electron chi connectivity index (χ0n) is 15.6. The Balaban J connectivity index is 1.65. The first kappa shape index (κ1) is 19.1. The lowest BCUT2D eigenvalue weighted by Gasteiger charge is -2.25. The number of esters is 1. The topological polar surface area (TPSA) is 79.3 Å². The van der Waals surface area contributed by atoms with E-state index in [4.69, 9.17) is 4.74 Å². The first-order valence-corrected chi connectivity index (χ1v) is 9.51. The molecule has 27 heavy (non-hydrogen) atoms. The molecule has 1 atom stereocenters. The quantitative estimate of drug-likeness (QED) is 0.762. The van der Waals surface area contributed by atoms with Gasteiger partial charge in [-0.05, 0) is 31.9 Å². The maximum atomic E-state index is 12.6. The Bertz CT molecular complexity index is 724. The summed E-state index contributed by atoms with van der Waals surface area (Å²) in [4.78, 5) is 38.9. The van der Waals surface area contributed by atoms with Gasteiger partial charge in [-0.3, -0.25) is 9.59 Å². The summed E-state index contributed by atoms with van der Waals surface area (Å²) in [6.45, 7) is 3.00. The fraction of sp³-hybridized carbons (Fsp3) is 0.500. The number of anilines is 1. The van der Waals surface area contributed by atoms with Crippen molar-refractivity contribution < 1.29 is 19.1 Å². The number of carbonyl (C=O) groups is 3. The van der Waals surface area contributed by atoms with E-state index in [9.17, 15) is 14.4 Å². The van der Waals surface area contributed by atoms with Gasteiger partial charge >= 0.3 is 5.97 Å². The predicted molar refractivity (Wildman–Crippen MR) is 101 cm³/mol. The molecule has 0 saturated carbocycles. The number of carbonyl (C=O) groups excluding carboxylic acids is 3. The second kappa shape index (κ2) is 8.79. The molecule has 2 aliphatic heterocycles. The Morgan fingerprint density at radius 3 is 2.37 bits per heavy atom. The number of ether oxygens (including phenoxy) is 1. The molecule has 7 nitrogen and oxygen atoms in total. The van der Waals surface area contributed by atoms with Crippen LogP contribution in [0, 0.1) is 0 Å². The summed E-state index contributed by atoms with van der Waals surface area (Å²) >= 11 is 0. The minimum Gasteiger partial charge on any atom is -0.448 e. The van der Waals surface area contributed by atoms with Crippen molar-refractivity contribution in [3.8, 4) is 0 Å². The van der Waals surface area contributed by atoms with Crippen LogP contribution in [-0.2, 0) is 19.1 Å². The average molecular weight is 371 g/mol. The Kier molecular flexibility index (Phi) is 6.21. The molecule has 0 radical (unpaired) electrons. The monoisotopic (exact) mass is 371 g/mol. The van der Waals surface area contributed by atoms with Crippen molar-refractivity contribution >= 4 is 29.2 Å². The Morgan fingerprint density at radius 1 is 1.04 bits per heavy atom. The predicted octanol–water partition coefficient (Wildman–Crippen LogP) is 2.50. The summed E-state index contributed by atoms with van der Waals surface area (Å²) < 4.78 is 5.37. The van der Waals surface area contributed by atoms with E-state index in [1.807, 2.05) is 6.07 Å². The second-order valence-corrected chi connectivity index (χ2v) is 6.87. The highest BCUT2D eigenvalue weighted by Gasteiger charge is 2.30. The third kappa shape index (κ3) is 4.72. The molecular formula is C20H25N3O4. The van der Waals surface area contributed by atoms with E-state index in [0.717, 1.165) is 25.7 Å². The van der Waals surface area contributed by atoms with Gasteiger partial charge in [0, 0.05) is 25.9 Å². The molecule has 1 aromatic rings. The van der Waals surface area contributed by atoms with Crippen molar-refractivity contribution in [2.45, 2.75) is 51.6 Å². The van der Waals surface area contributed by atoms with Gasteiger partial charge in [0.15, 0.2) is 6.10 Å². The van der Waals surface area contributed by atoms with E-state index >= 15 is 0 Å². The van der Waals surface area contributed by atoms with Crippen LogP contribution in [-0.4, -0.2) is 47.6 Å². The SMILES string of the molecule is C[C@@H](OC(=O)C1=NN(c2ccccc2)C(=O)CC1)C(=O)N1CCCCCC1. The molecule has 3 rings (SSSR count). The molecule has 0 spiro atoms. The molecule has 7 heteroatoms. The van der Waals surface area contributed by atoms with Crippen LogP contribution in [0.25, 0.3) is 0 Å². The van der Waals surface area contributed by atoms with Crippen LogP contribution in [0.5, 0.6) is 0 Å². The van der Waals surface area contributed by atoms with E-state index in [2.05, 4.69) is 5.10 Å². The number of nitrogens with zero attached hydrogens (tertiary/aromatic N) is 3. The third-order valence-corrected chi connectivity index (χ3v) is 4.82. The number of hydrogen-bond acceptors (Lipinski definition) is 5. The number of likely N-dealkylation sites (tertiary alicyclic amines) is 1. The van der Waals surface area contributed by atoms with Crippen LogP contribution >= 0.6 is 0 Å². The number of rotatable bonds is 4. The highest BCUT2D eigenvalue weighted by atomic mass is 16.5.